The summed E-state index contributed by atoms with van der Waals surface area (Å²) >= 11 is 0. The molecule has 23 heavy (non-hydrogen) atoms. The van der Waals surface area contributed by atoms with E-state index in [4.69, 9.17) is 5.11 Å². The molecule has 2 aromatic rings. The molecule has 122 valence electrons. The highest BCUT2D eigenvalue weighted by atomic mass is 16.4. The lowest BCUT2D eigenvalue weighted by atomic mass is 10.0. The second-order valence-corrected chi connectivity index (χ2v) is 5.99. The van der Waals surface area contributed by atoms with Crippen LogP contribution in [0.4, 0.5) is 0 Å². The number of carboxylic acids is 1. The van der Waals surface area contributed by atoms with E-state index in [0.29, 0.717) is 6.42 Å². The molecule has 1 heterocycles. The molecule has 0 radical (unpaired) electrons. The van der Waals surface area contributed by atoms with Crippen molar-refractivity contribution in [1.29, 1.82) is 0 Å². The van der Waals surface area contributed by atoms with Crippen molar-refractivity contribution in [3.63, 3.8) is 0 Å². The molecule has 0 spiro atoms. The molecule has 0 bridgehead atoms. The molecule has 1 N–H and O–H groups in total. The van der Waals surface area contributed by atoms with Crippen molar-refractivity contribution in [3.05, 3.63) is 59.9 Å². The highest BCUT2D eigenvalue weighted by Gasteiger charge is 2.13. The number of hydrogen-bond donors (Lipinski definition) is 1. The zero-order valence-corrected chi connectivity index (χ0v) is 13.9. The van der Waals surface area contributed by atoms with Crippen molar-refractivity contribution in [2.45, 2.75) is 51.9 Å². The predicted molar refractivity (Wildman–Crippen MR) is 91.8 cm³/mol. The van der Waals surface area contributed by atoms with Crippen LogP contribution in [-0.4, -0.2) is 11.1 Å². The number of aliphatic carboxylic acids is 1. The van der Waals surface area contributed by atoms with Gasteiger partial charge in [-0.1, -0.05) is 37.5 Å². The fraction of sp³-hybridized carbons (Fsp3) is 0.400. The van der Waals surface area contributed by atoms with Crippen LogP contribution in [0.15, 0.2) is 48.7 Å². The van der Waals surface area contributed by atoms with Crippen LogP contribution in [0, 0.1) is 6.92 Å². The average molecular weight is 312 g/mol. The van der Waals surface area contributed by atoms with E-state index in [1.54, 1.807) is 0 Å². The van der Waals surface area contributed by atoms with E-state index in [9.17, 15) is 4.79 Å². The number of pyridine rings is 1. The predicted octanol–water partition coefficient (Wildman–Crippen LogP) is 4.24. The maximum Gasteiger partial charge on any atom is 0.303 e. The van der Waals surface area contributed by atoms with E-state index in [2.05, 4.69) is 54.1 Å². The van der Waals surface area contributed by atoms with Crippen molar-refractivity contribution >= 4 is 5.97 Å². The Morgan fingerprint density at radius 3 is 2.39 bits per heavy atom. The second kappa shape index (κ2) is 9.09. The van der Waals surface area contributed by atoms with Gasteiger partial charge in [-0.05, 0) is 25.3 Å². The normalized spacial score (nSPS) is 10.7. The highest BCUT2D eigenvalue weighted by molar-refractivity contribution is 5.66. The van der Waals surface area contributed by atoms with Crippen molar-refractivity contribution in [3.8, 4) is 5.69 Å². The number of rotatable bonds is 9. The van der Waals surface area contributed by atoms with Gasteiger partial charge in [-0.2, -0.15) is 4.57 Å². The number of benzene rings is 1. The minimum Gasteiger partial charge on any atom is -0.481 e. The van der Waals surface area contributed by atoms with Crippen LogP contribution in [0.3, 0.4) is 0 Å². The molecular formula is C20H26NO2+. The first-order valence-corrected chi connectivity index (χ1v) is 8.46. The van der Waals surface area contributed by atoms with Gasteiger partial charge in [0.2, 0.25) is 5.69 Å². The topological polar surface area (TPSA) is 41.2 Å². The molecule has 1 aromatic heterocycles. The van der Waals surface area contributed by atoms with Gasteiger partial charge < -0.3 is 5.11 Å². The molecule has 0 saturated heterocycles. The molecule has 1 aromatic carbocycles. The van der Waals surface area contributed by atoms with E-state index in [1.165, 1.54) is 23.4 Å². The lowest BCUT2D eigenvalue weighted by Crippen LogP contribution is -2.34. The lowest BCUT2D eigenvalue weighted by Gasteiger charge is -2.06. The Morgan fingerprint density at radius 2 is 1.65 bits per heavy atom. The Balaban J connectivity index is 1.83. The van der Waals surface area contributed by atoms with Gasteiger partial charge in [0.25, 0.3) is 0 Å². The monoisotopic (exact) mass is 312 g/mol. The molecule has 0 fully saturated rings. The molecule has 0 atom stereocenters. The standard InChI is InChI=1S/C20H25NO2/c1-17-18(11-6-3-2-4-9-15-20(22)23)12-10-16-21(17)19-13-7-5-8-14-19/h5,7-8,10,12-14,16H,2-4,6,9,11,15H2,1H3/p+1. The maximum atomic E-state index is 10.5. The molecule has 0 unspecified atom stereocenters. The second-order valence-electron chi connectivity index (χ2n) is 5.99. The fourth-order valence-corrected chi connectivity index (χ4v) is 2.89. The third kappa shape index (κ3) is 5.51. The summed E-state index contributed by atoms with van der Waals surface area (Å²) in [6, 6.07) is 14.7. The van der Waals surface area contributed by atoms with E-state index < -0.39 is 5.97 Å². The number of carboxylic acid groups (broad SMARTS) is 1. The summed E-state index contributed by atoms with van der Waals surface area (Å²) in [7, 11) is 0. The molecule has 0 amide bonds. The first-order valence-electron chi connectivity index (χ1n) is 8.46. The van der Waals surface area contributed by atoms with Gasteiger partial charge in [0.15, 0.2) is 11.9 Å². The molecular weight excluding hydrogens is 286 g/mol. The van der Waals surface area contributed by atoms with Gasteiger partial charge in [0.05, 0.1) is 0 Å². The Hall–Kier alpha value is -2.16. The summed E-state index contributed by atoms with van der Waals surface area (Å²) in [5, 5.41) is 8.61. The van der Waals surface area contributed by atoms with Crippen molar-refractivity contribution in [1.82, 2.24) is 0 Å². The van der Waals surface area contributed by atoms with Gasteiger partial charge in [-0.25, -0.2) is 0 Å². The van der Waals surface area contributed by atoms with E-state index in [0.717, 1.165) is 32.1 Å². The number of aromatic nitrogens is 1. The molecule has 2 rings (SSSR count). The summed E-state index contributed by atoms with van der Waals surface area (Å²) in [6.45, 7) is 2.18. The first kappa shape index (κ1) is 17.2. The van der Waals surface area contributed by atoms with Gasteiger partial charge in [-0.3, -0.25) is 4.79 Å². The fourth-order valence-electron chi connectivity index (χ4n) is 2.89. The highest BCUT2D eigenvalue weighted by Crippen LogP contribution is 2.12. The van der Waals surface area contributed by atoms with Gasteiger partial charge in [0.1, 0.15) is 0 Å². The Kier molecular flexibility index (Phi) is 6.79. The van der Waals surface area contributed by atoms with Gasteiger partial charge in [-0.15, -0.1) is 0 Å². The molecule has 0 saturated carbocycles. The van der Waals surface area contributed by atoms with E-state index >= 15 is 0 Å². The van der Waals surface area contributed by atoms with E-state index in [-0.39, 0.29) is 0 Å². The van der Waals surface area contributed by atoms with Gasteiger partial charge >= 0.3 is 5.97 Å². The summed E-state index contributed by atoms with van der Waals surface area (Å²) in [4.78, 5) is 10.5. The number of para-hydroxylation sites is 1. The summed E-state index contributed by atoms with van der Waals surface area (Å²) in [5.74, 6) is -0.685. The van der Waals surface area contributed by atoms with Crippen LogP contribution < -0.4 is 4.57 Å². The number of aryl methyl sites for hydroxylation is 1. The Bertz CT molecular complexity index is 623. The molecule has 3 nitrogen and oxygen atoms in total. The first-order chi connectivity index (χ1) is 11.2. The third-order valence-electron chi connectivity index (χ3n) is 4.23. The molecule has 0 aliphatic rings. The minimum atomic E-state index is -0.685. The summed E-state index contributed by atoms with van der Waals surface area (Å²) < 4.78 is 2.24. The van der Waals surface area contributed by atoms with Crippen molar-refractivity contribution < 1.29 is 14.5 Å². The number of nitrogens with zero attached hydrogens (tertiary/aromatic N) is 1. The lowest BCUT2D eigenvalue weighted by molar-refractivity contribution is -0.603. The smallest absolute Gasteiger partial charge is 0.303 e. The average Bonchev–Trinajstić information content (AvgIpc) is 2.56. The molecule has 0 aliphatic carbocycles. The van der Waals surface area contributed by atoms with E-state index in [1.807, 2.05) is 6.07 Å². The number of hydrogen-bond acceptors (Lipinski definition) is 1. The van der Waals surface area contributed by atoms with Crippen molar-refractivity contribution in [2.24, 2.45) is 0 Å². The molecule has 0 aliphatic heterocycles. The SMILES string of the molecule is Cc1c(CCCCCCCC(=O)O)ccc[n+]1-c1ccccc1. The van der Waals surface area contributed by atoms with Crippen LogP contribution in [0.1, 0.15) is 49.8 Å². The summed E-state index contributed by atoms with van der Waals surface area (Å²) in [6.07, 6.45) is 8.76. The van der Waals surface area contributed by atoms with Crippen molar-refractivity contribution in [2.75, 3.05) is 0 Å². The summed E-state index contributed by atoms with van der Waals surface area (Å²) in [5.41, 5.74) is 3.88. The van der Waals surface area contributed by atoms with Crippen LogP contribution in [0.5, 0.6) is 0 Å². The van der Waals surface area contributed by atoms with Gasteiger partial charge in [0, 0.05) is 37.1 Å². The van der Waals surface area contributed by atoms with Crippen LogP contribution in [0.25, 0.3) is 5.69 Å². The Labute approximate surface area is 138 Å². The van der Waals surface area contributed by atoms with Crippen LogP contribution >= 0.6 is 0 Å². The third-order valence-corrected chi connectivity index (χ3v) is 4.23. The number of carbonyl (C=O) groups is 1. The quantitative estimate of drug-likeness (QED) is 0.556. The largest absolute Gasteiger partial charge is 0.481 e. The zero-order valence-electron chi connectivity index (χ0n) is 13.9. The number of unbranched alkanes of at least 4 members (excludes halogenated alkanes) is 4. The Morgan fingerprint density at radius 1 is 0.957 bits per heavy atom. The van der Waals surface area contributed by atoms with Crippen LogP contribution in [0.2, 0.25) is 0 Å². The maximum absolute atomic E-state index is 10.5. The van der Waals surface area contributed by atoms with Crippen LogP contribution in [-0.2, 0) is 11.2 Å². The zero-order chi connectivity index (χ0) is 16.5. The molecule has 3 heteroatoms. The minimum absolute atomic E-state index is 0.300.